The van der Waals surface area contributed by atoms with Crippen LogP contribution in [0.3, 0.4) is 0 Å². The van der Waals surface area contributed by atoms with E-state index < -0.39 is 0 Å². The summed E-state index contributed by atoms with van der Waals surface area (Å²) in [7, 11) is 0. The summed E-state index contributed by atoms with van der Waals surface area (Å²) in [6.45, 7) is 0. The molecule has 0 saturated carbocycles. The molecule has 0 bridgehead atoms. The van der Waals surface area contributed by atoms with Gasteiger partial charge >= 0.3 is 48.9 Å². The molecule has 0 rings (SSSR count). The molecule has 0 aromatic heterocycles. The molecule has 0 aromatic carbocycles. The molecule has 0 aromatic rings. The van der Waals surface area contributed by atoms with Gasteiger partial charge in [0.25, 0.3) is 0 Å². The molecule has 0 spiro atoms. The predicted molar refractivity (Wildman–Crippen MR) is 46.9 cm³/mol. The average molecular weight is 315 g/mol. The molecule has 6 heteroatoms. The first kappa shape index (κ1) is 59.4. The molecule has 0 atom stereocenters. The second-order valence-electron chi connectivity index (χ2n) is 0. The standard InChI is InChI=1S/Al.Ba.4ClH.5H/h;;4*1H;;;;;/q;+2;;;;;;;;2*-1. The van der Waals surface area contributed by atoms with Gasteiger partial charge in [0.1, 0.15) is 0 Å². The largest absolute Gasteiger partial charge is 2.00 e. The van der Waals surface area contributed by atoms with Crippen molar-refractivity contribution in [1.82, 2.24) is 0 Å². The van der Waals surface area contributed by atoms with E-state index in [4.69, 9.17) is 0 Å². The zero-order valence-electron chi connectivity index (χ0n) is 4.34. The minimum Gasteiger partial charge on any atom is -1.00 e. The molecule has 0 nitrogen and oxygen atoms in total. The maximum atomic E-state index is 0. The van der Waals surface area contributed by atoms with Gasteiger partial charge in [-0.1, -0.05) is 0 Å². The SMILES string of the molecule is Cl.Cl.Cl.Cl.[AlH3].[Ba+2].[H-].[H-]. The molecule has 0 aliphatic rings. The van der Waals surface area contributed by atoms with Crippen LogP contribution in [0, 0.1) is 0 Å². The average Bonchev–Trinajstić information content (AvgIpc) is 0. The number of rotatable bonds is 0. The molecule has 0 amide bonds. The van der Waals surface area contributed by atoms with E-state index in [1.165, 1.54) is 0 Å². The van der Waals surface area contributed by atoms with Gasteiger partial charge in [-0.25, -0.2) is 0 Å². The Hall–Kier alpha value is 3.26. The maximum absolute atomic E-state index is 0. The summed E-state index contributed by atoms with van der Waals surface area (Å²) >= 11 is 0. The van der Waals surface area contributed by atoms with Gasteiger partial charge in [-0.15, -0.1) is 49.6 Å². The van der Waals surface area contributed by atoms with E-state index in [1.54, 1.807) is 0 Å². The third-order valence-electron chi connectivity index (χ3n) is 0. The second-order valence-corrected chi connectivity index (χ2v) is 0. The van der Waals surface area contributed by atoms with Crippen molar-refractivity contribution in [2.45, 2.75) is 0 Å². The van der Waals surface area contributed by atoms with E-state index in [0.29, 0.717) is 0 Å². The van der Waals surface area contributed by atoms with Crippen molar-refractivity contribution in [3.8, 4) is 0 Å². The Labute approximate surface area is 116 Å². The van der Waals surface area contributed by atoms with Crippen molar-refractivity contribution >= 4 is 116 Å². The molecule has 0 heterocycles. The Balaban J connectivity index is 0. The monoisotopic (exact) mass is 314 g/mol. The summed E-state index contributed by atoms with van der Waals surface area (Å²) in [6, 6.07) is 0. The quantitative estimate of drug-likeness (QED) is 0.566. The van der Waals surface area contributed by atoms with Crippen LogP contribution in [0.2, 0.25) is 0 Å². The van der Waals surface area contributed by atoms with Crippen LogP contribution in [0.4, 0.5) is 0 Å². The summed E-state index contributed by atoms with van der Waals surface area (Å²) < 4.78 is 0. The third-order valence-corrected chi connectivity index (χ3v) is 0. The minimum absolute atomic E-state index is 0. The van der Waals surface area contributed by atoms with Gasteiger partial charge in [0.15, 0.2) is 17.4 Å². The van der Waals surface area contributed by atoms with Crippen molar-refractivity contribution in [2.75, 3.05) is 0 Å². The third kappa shape index (κ3) is 26.8. The summed E-state index contributed by atoms with van der Waals surface area (Å²) in [5, 5.41) is 0. The molecule has 0 aliphatic carbocycles. The van der Waals surface area contributed by atoms with E-state index in [0.717, 1.165) is 0 Å². The van der Waals surface area contributed by atoms with Crippen molar-refractivity contribution < 1.29 is 2.85 Å². The topological polar surface area (TPSA) is 0 Å². The van der Waals surface area contributed by atoms with Crippen molar-refractivity contribution in [1.29, 1.82) is 0 Å². The van der Waals surface area contributed by atoms with Crippen LogP contribution in [-0.2, 0) is 0 Å². The fourth-order valence-electron chi connectivity index (χ4n) is 0. The molecule has 0 saturated heterocycles. The number of halogens is 4. The van der Waals surface area contributed by atoms with Crippen LogP contribution in [-0.4, -0.2) is 66.2 Å². The van der Waals surface area contributed by atoms with Crippen molar-refractivity contribution in [3.63, 3.8) is 0 Å². The van der Waals surface area contributed by atoms with Gasteiger partial charge in [-0.3, -0.25) is 0 Å². The summed E-state index contributed by atoms with van der Waals surface area (Å²) in [5.74, 6) is 0. The van der Waals surface area contributed by atoms with Crippen LogP contribution in [0.1, 0.15) is 2.85 Å². The number of hydrogen-bond acceptors (Lipinski definition) is 0. The van der Waals surface area contributed by atoms with Crippen LogP contribution in [0.5, 0.6) is 0 Å². The Kier molecular flexibility index (Phi) is 405. The van der Waals surface area contributed by atoms with Crippen molar-refractivity contribution in [2.24, 2.45) is 0 Å². The summed E-state index contributed by atoms with van der Waals surface area (Å²) in [4.78, 5) is 0. The maximum Gasteiger partial charge on any atom is 2.00 e. The Morgan fingerprint density at radius 3 is 0.667 bits per heavy atom. The Bertz CT molecular complexity index is 14.0. The normalized spacial score (nSPS) is 0. The Morgan fingerprint density at radius 1 is 0.667 bits per heavy atom. The van der Waals surface area contributed by atoms with E-state index in [-0.39, 0.29) is 119 Å². The first-order valence-electron chi connectivity index (χ1n) is 0. The first-order chi connectivity index (χ1) is 0. The summed E-state index contributed by atoms with van der Waals surface area (Å²) in [6.07, 6.45) is 0. The molecule has 42 valence electrons. The van der Waals surface area contributed by atoms with Gasteiger partial charge in [0.05, 0.1) is 0 Å². The van der Waals surface area contributed by atoms with Gasteiger partial charge < -0.3 is 2.85 Å². The Morgan fingerprint density at radius 2 is 0.667 bits per heavy atom. The van der Waals surface area contributed by atoms with Crippen LogP contribution >= 0.6 is 49.6 Å². The fourth-order valence-corrected chi connectivity index (χ4v) is 0. The van der Waals surface area contributed by atoms with Gasteiger partial charge in [-0.2, -0.15) is 0 Å². The molecule has 0 fully saturated rings. The smallest absolute Gasteiger partial charge is 1.00 e. The molecule has 0 unspecified atom stereocenters. The van der Waals surface area contributed by atoms with Gasteiger partial charge in [0.2, 0.25) is 0 Å². The first-order valence-corrected chi connectivity index (χ1v) is 0. The van der Waals surface area contributed by atoms with E-state index >= 15 is 0 Å². The van der Waals surface area contributed by atoms with E-state index in [9.17, 15) is 0 Å². The van der Waals surface area contributed by atoms with Crippen molar-refractivity contribution in [3.05, 3.63) is 0 Å². The van der Waals surface area contributed by atoms with Crippen LogP contribution in [0.15, 0.2) is 0 Å². The molecule has 6 heavy (non-hydrogen) atoms. The van der Waals surface area contributed by atoms with E-state index in [1.807, 2.05) is 0 Å². The van der Waals surface area contributed by atoms with E-state index in [2.05, 4.69) is 0 Å². The molecular weight excluding hydrogens is 306 g/mol. The predicted octanol–water partition coefficient (Wildman–Crippen LogP) is 0.347. The second kappa shape index (κ2) is 40.9. The number of hydrogen-bond donors (Lipinski definition) is 0. The van der Waals surface area contributed by atoms with Crippen LogP contribution < -0.4 is 0 Å². The molecule has 0 radical (unpaired) electrons. The zero-order valence-corrected chi connectivity index (χ0v) is 10.0. The van der Waals surface area contributed by atoms with Gasteiger partial charge in [0, 0.05) is 0 Å². The minimum atomic E-state index is 0. The fraction of sp³-hybridized carbons (Fsp3) is 0. The zero-order chi connectivity index (χ0) is 0. The van der Waals surface area contributed by atoms with Crippen LogP contribution in [0.25, 0.3) is 0 Å². The van der Waals surface area contributed by atoms with Gasteiger partial charge in [-0.05, 0) is 0 Å². The molecule has 0 N–H and O–H groups in total. The molecular formula is H9AlBaCl4. The molecule has 0 aliphatic heterocycles. The summed E-state index contributed by atoms with van der Waals surface area (Å²) in [5.41, 5.74) is 0.